The zero-order valence-corrected chi connectivity index (χ0v) is 12.9. The quantitative estimate of drug-likeness (QED) is 0.941. The van der Waals surface area contributed by atoms with E-state index in [-0.39, 0.29) is 0 Å². The lowest BCUT2D eigenvalue weighted by molar-refractivity contribution is 0.206. The van der Waals surface area contributed by atoms with Crippen LogP contribution in [0.25, 0.3) is 11.3 Å². The van der Waals surface area contributed by atoms with Crippen molar-refractivity contribution in [3.63, 3.8) is 0 Å². The maximum atomic E-state index is 6.00. The topological polar surface area (TPSA) is 47.1 Å². The number of likely N-dealkylation sites (tertiary alicyclic amines) is 1. The summed E-state index contributed by atoms with van der Waals surface area (Å²) in [7, 11) is 2.00. The van der Waals surface area contributed by atoms with Crippen LogP contribution in [0.15, 0.2) is 30.5 Å². The Bertz CT molecular complexity index is 609. The first-order valence-corrected chi connectivity index (χ1v) is 7.69. The smallest absolute Gasteiger partial charge is 0.0682 e. The zero-order chi connectivity index (χ0) is 14.8. The van der Waals surface area contributed by atoms with E-state index in [4.69, 9.17) is 5.73 Å². The van der Waals surface area contributed by atoms with Crippen LogP contribution in [0, 0.1) is 6.92 Å². The largest absolute Gasteiger partial charge is 0.328 e. The molecule has 1 aromatic carbocycles. The van der Waals surface area contributed by atoms with Gasteiger partial charge in [-0.15, -0.1) is 0 Å². The fraction of sp³-hybridized carbons (Fsp3) is 0.471. The van der Waals surface area contributed by atoms with E-state index in [1.165, 1.54) is 22.4 Å². The Balaban J connectivity index is 1.87. The molecule has 0 spiro atoms. The highest BCUT2D eigenvalue weighted by atomic mass is 15.3. The molecule has 1 aliphatic rings. The summed E-state index contributed by atoms with van der Waals surface area (Å²) < 4.78 is 1.95. The highest BCUT2D eigenvalue weighted by Gasteiger charge is 2.18. The monoisotopic (exact) mass is 284 g/mol. The van der Waals surface area contributed by atoms with Crippen LogP contribution in [0.3, 0.4) is 0 Å². The van der Waals surface area contributed by atoms with E-state index in [9.17, 15) is 0 Å². The molecule has 1 aromatic heterocycles. The van der Waals surface area contributed by atoms with Crippen molar-refractivity contribution in [2.24, 2.45) is 12.8 Å². The van der Waals surface area contributed by atoms with Crippen LogP contribution in [0.4, 0.5) is 0 Å². The summed E-state index contributed by atoms with van der Waals surface area (Å²) in [5.74, 6) is 0. The minimum absolute atomic E-state index is 0.385. The molecule has 2 N–H and O–H groups in total. The molecule has 2 heterocycles. The van der Waals surface area contributed by atoms with Gasteiger partial charge in [0, 0.05) is 31.4 Å². The van der Waals surface area contributed by atoms with Gasteiger partial charge in [-0.1, -0.05) is 17.7 Å². The van der Waals surface area contributed by atoms with Gasteiger partial charge in [0.15, 0.2) is 0 Å². The Morgan fingerprint density at radius 2 is 2.00 bits per heavy atom. The Hall–Kier alpha value is -1.65. The van der Waals surface area contributed by atoms with Gasteiger partial charge < -0.3 is 5.73 Å². The second-order valence-electron chi connectivity index (χ2n) is 6.11. The lowest BCUT2D eigenvalue weighted by Crippen LogP contribution is -2.39. The minimum atomic E-state index is 0.385. The van der Waals surface area contributed by atoms with Crippen molar-refractivity contribution < 1.29 is 0 Å². The molecule has 1 saturated heterocycles. The summed E-state index contributed by atoms with van der Waals surface area (Å²) >= 11 is 0. The minimum Gasteiger partial charge on any atom is -0.328 e. The molecule has 1 fully saturated rings. The Morgan fingerprint density at radius 3 is 2.67 bits per heavy atom. The molecule has 0 bridgehead atoms. The van der Waals surface area contributed by atoms with Gasteiger partial charge in [-0.3, -0.25) is 9.58 Å². The number of rotatable bonds is 3. The van der Waals surface area contributed by atoms with Crippen LogP contribution in [0.2, 0.25) is 0 Å². The van der Waals surface area contributed by atoms with Gasteiger partial charge in [0.25, 0.3) is 0 Å². The van der Waals surface area contributed by atoms with Crippen LogP contribution in [-0.4, -0.2) is 33.8 Å². The molecule has 0 unspecified atom stereocenters. The first kappa shape index (κ1) is 14.3. The molecule has 2 aromatic rings. The maximum Gasteiger partial charge on any atom is 0.0682 e. The lowest BCUT2D eigenvalue weighted by Gasteiger charge is -2.30. The molecule has 112 valence electrons. The predicted octanol–water partition coefficient (Wildman–Crippen LogP) is 2.32. The van der Waals surface area contributed by atoms with Crippen LogP contribution >= 0.6 is 0 Å². The van der Waals surface area contributed by atoms with Gasteiger partial charge >= 0.3 is 0 Å². The van der Waals surface area contributed by atoms with Gasteiger partial charge in [-0.05, 0) is 50.6 Å². The Morgan fingerprint density at radius 1 is 1.24 bits per heavy atom. The third kappa shape index (κ3) is 3.17. The normalized spacial score (nSPS) is 17.3. The van der Waals surface area contributed by atoms with Crippen molar-refractivity contribution in [2.45, 2.75) is 32.4 Å². The fourth-order valence-electron chi connectivity index (χ4n) is 3.06. The molecule has 21 heavy (non-hydrogen) atoms. The lowest BCUT2D eigenvalue weighted by atomic mass is 9.99. The first-order valence-electron chi connectivity index (χ1n) is 7.69. The highest BCUT2D eigenvalue weighted by molar-refractivity contribution is 5.64. The average Bonchev–Trinajstić information content (AvgIpc) is 2.89. The highest BCUT2D eigenvalue weighted by Crippen LogP contribution is 2.26. The molecule has 0 atom stereocenters. The molecule has 0 aliphatic carbocycles. The third-order valence-electron chi connectivity index (χ3n) is 4.39. The summed E-state index contributed by atoms with van der Waals surface area (Å²) in [6.45, 7) is 5.33. The summed E-state index contributed by atoms with van der Waals surface area (Å²) in [5, 5.41) is 4.31. The van der Waals surface area contributed by atoms with E-state index in [0.717, 1.165) is 32.5 Å². The number of hydrogen-bond donors (Lipinski definition) is 1. The van der Waals surface area contributed by atoms with E-state index in [0.29, 0.717) is 6.04 Å². The van der Waals surface area contributed by atoms with Gasteiger partial charge in [0.2, 0.25) is 0 Å². The number of aryl methyl sites for hydroxylation is 2. The predicted molar refractivity (Wildman–Crippen MR) is 85.9 cm³/mol. The number of nitrogens with zero attached hydrogens (tertiary/aromatic N) is 3. The van der Waals surface area contributed by atoms with E-state index in [2.05, 4.69) is 41.2 Å². The number of piperidine rings is 1. The average molecular weight is 284 g/mol. The van der Waals surface area contributed by atoms with Gasteiger partial charge in [0.05, 0.1) is 5.69 Å². The number of nitrogens with two attached hydrogens (primary N) is 1. The molecule has 3 rings (SSSR count). The summed E-state index contributed by atoms with van der Waals surface area (Å²) in [6.07, 6.45) is 4.07. The first-order chi connectivity index (χ1) is 10.1. The van der Waals surface area contributed by atoms with Gasteiger partial charge in [0.1, 0.15) is 0 Å². The molecule has 0 saturated carbocycles. The van der Waals surface area contributed by atoms with Crippen LogP contribution < -0.4 is 5.73 Å². The molecule has 4 nitrogen and oxygen atoms in total. The standard InChI is InChI=1S/C17H24N4/c1-13-3-4-14(12-21-9-6-15(18)7-10-21)16(11-13)17-5-8-19-20(17)2/h3-5,8,11,15H,6-7,9-10,12,18H2,1-2H3. The second-order valence-corrected chi connectivity index (χ2v) is 6.11. The fourth-order valence-corrected chi connectivity index (χ4v) is 3.06. The molecule has 0 radical (unpaired) electrons. The van der Waals surface area contributed by atoms with Crippen molar-refractivity contribution in [1.29, 1.82) is 0 Å². The van der Waals surface area contributed by atoms with Crippen molar-refractivity contribution in [3.8, 4) is 11.3 Å². The van der Waals surface area contributed by atoms with Crippen molar-refractivity contribution >= 4 is 0 Å². The van der Waals surface area contributed by atoms with Gasteiger partial charge in [-0.25, -0.2) is 0 Å². The molecule has 1 aliphatic heterocycles. The van der Waals surface area contributed by atoms with Crippen molar-refractivity contribution in [3.05, 3.63) is 41.6 Å². The van der Waals surface area contributed by atoms with E-state index in [1.54, 1.807) is 0 Å². The van der Waals surface area contributed by atoms with Crippen LogP contribution in [0.1, 0.15) is 24.0 Å². The molecular weight excluding hydrogens is 260 g/mol. The Kier molecular flexibility index (Phi) is 4.08. The summed E-state index contributed by atoms with van der Waals surface area (Å²) in [6, 6.07) is 9.19. The van der Waals surface area contributed by atoms with E-state index >= 15 is 0 Å². The Labute approximate surface area is 126 Å². The van der Waals surface area contributed by atoms with Crippen molar-refractivity contribution in [1.82, 2.24) is 14.7 Å². The summed E-state index contributed by atoms with van der Waals surface area (Å²) in [5.41, 5.74) is 11.1. The molecular formula is C17H24N4. The third-order valence-corrected chi connectivity index (χ3v) is 4.39. The molecule has 4 heteroatoms. The van der Waals surface area contributed by atoms with E-state index in [1.807, 2.05) is 17.9 Å². The van der Waals surface area contributed by atoms with Crippen molar-refractivity contribution in [2.75, 3.05) is 13.1 Å². The zero-order valence-electron chi connectivity index (χ0n) is 12.9. The molecule has 0 amide bonds. The number of hydrogen-bond acceptors (Lipinski definition) is 3. The van der Waals surface area contributed by atoms with Gasteiger partial charge in [-0.2, -0.15) is 5.10 Å². The number of benzene rings is 1. The van der Waals surface area contributed by atoms with E-state index < -0.39 is 0 Å². The maximum absolute atomic E-state index is 6.00. The van der Waals surface area contributed by atoms with Crippen LogP contribution in [0.5, 0.6) is 0 Å². The summed E-state index contributed by atoms with van der Waals surface area (Å²) in [4.78, 5) is 2.51. The SMILES string of the molecule is Cc1ccc(CN2CCC(N)CC2)c(-c2ccnn2C)c1. The van der Waals surface area contributed by atoms with Crippen LogP contribution in [-0.2, 0) is 13.6 Å². The second kappa shape index (κ2) is 6.00. The number of aromatic nitrogens is 2.